The molecule has 0 bridgehead atoms. The Labute approximate surface area is 132 Å². The number of hydrogen-bond donors (Lipinski definition) is 3. The topological polar surface area (TPSA) is 69.2 Å². The van der Waals surface area contributed by atoms with Crippen molar-refractivity contribution in [2.75, 3.05) is 25.1 Å². The van der Waals surface area contributed by atoms with E-state index in [1.807, 2.05) is 13.8 Å². The van der Waals surface area contributed by atoms with Gasteiger partial charge in [0.25, 0.3) is 0 Å². The molecule has 1 aromatic heterocycles. The van der Waals surface area contributed by atoms with Gasteiger partial charge in [-0.25, -0.2) is 0 Å². The molecule has 0 spiro atoms. The molecule has 0 saturated heterocycles. The molecule has 0 aromatic carbocycles. The maximum atomic E-state index is 5.78. The summed E-state index contributed by atoms with van der Waals surface area (Å²) in [6.07, 6.45) is 0.929. The largest absolute Gasteiger partial charge is 0.395 e. The molecule has 0 amide bonds. The van der Waals surface area contributed by atoms with Crippen LogP contribution < -0.4 is 5.32 Å². The molecule has 0 aliphatic heterocycles. The van der Waals surface area contributed by atoms with Crippen LogP contribution in [0.4, 0.5) is 5.95 Å². The lowest BCUT2D eigenvalue weighted by molar-refractivity contribution is 0.188. The van der Waals surface area contributed by atoms with Crippen LogP contribution in [0.5, 0.6) is 0 Å². The van der Waals surface area contributed by atoms with Gasteiger partial charge in [-0.15, -0.1) is 25.3 Å². The van der Waals surface area contributed by atoms with Crippen LogP contribution in [0.2, 0.25) is 12.6 Å². The minimum atomic E-state index is -2.03. The Bertz CT molecular complexity index is 399. The van der Waals surface area contributed by atoms with Gasteiger partial charge in [0, 0.05) is 19.8 Å². The smallest absolute Gasteiger partial charge is 0.334 e. The summed E-state index contributed by atoms with van der Waals surface area (Å²) in [6.45, 7) is 8.21. The monoisotopic (exact) mass is 334 g/mol. The van der Waals surface area contributed by atoms with Gasteiger partial charge in [0.15, 0.2) is 10.3 Å². The van der Waals surface area contributed by atoms with Crippen LogP contribution in [-0.2, 0) is 8.85 Å². The number of rotatable bonds is 9. The molecule has 1 rings (SSSR count). The highest BCUT2D eigenvalue weighted by Gasteiger charge is 2.29. The Morgan fingerprint density at radius 3 is 2.10 bits per heavy atom. The summed E-state index contributed by atoms with van der Waals surface area (Å²) in [6, 6.07) is 0.925. The van der Waals surface area contributed by atoms with Crippen molar-refractivity contribution in [1.82, 2.24) is 15.0 Å². The van der Waals surface area contributed by atoms with Crippen molar-refractivity contribution in [2.45, 2.75) is 43.2 Å². The average molecular weight is 335 g/mol. The van der Waals surface area contributed by atoms with Crippen molar-refractivity contribution in [3.63, 3.8) is 0 Å². The van der Waals surface area contributed by atoms with Crippen LogP contribution in [-0.4, -0.2) is 43.3 Å². The lowest BCUT2D eigenvalue weighted by Gasteiger charge is -2.25. The summed E-state index contributed by atoms with van der Waals surface area (Å²) in [4.78, 5) is 12.0. The van der Waals surface area contributed by atoms with Gasteiger partial charge in [-0.1, -0.05) is 0 Å². The Hall–Kier alpha value is -0.353. The predicted octanol–water partition coefficient (Wildman–Crippen LogP) is 2.40. The van der Waals surface area contributed by atoms with E-state index in [0.29, 0.717) is 29.5 Å². The Kier molecular flexibility index (Phi) is 7.81. The second kappa shape index (κ2) is 8.83. The first-order valence-corrected chi connectivity index (χ1v) is 10.1. The third-order valence-electron chi connectivity index (χ3n) is 2.60. The number of thiol groups is 2. The summed E-state index contributed by atoms with van der Waals surface area (Å²) >= 11 is 8.17. The molecule has 1 N–H and O–H groups in total. The second-order valence-corrected chi connectivity index (χ2v) is 8.43. The SMILES string of the molecule is CCO[Si](C)(CCCNc1nc(S)nc(S)n1)OCC. The highest BCUT2D eigenvalue weighted by Crippen LogP contribution is 2.16. The molecule has 114 valence electrons. The molecular formula is C11H22N4O2S2Si. The van der Waals surface area contributed by atoms with Crippen LogP contribution in [0.1, 0.15) is 20.3 Å². The third kappa shape index (κ3) is 6.40. The molecule has 9 heteroatoms. The summed E-state index contributed by atoms with van der Waals surface area (Å²) in [5.41, 5.74) is 0. The minimum absolute atomic E-state index is 0.357. The van der Waals surface area contributed by atoms with Gasteiger partial charge in [-0.2, -0.15) is 15.0 Å². The van der Waals surface area contributed by atoms with E-state index in [-0.39, 0.29) is 0 Å². The van der Waals surface area contributed by atoms with Gasteiger partial charge in [-0.3, -0.25) is 0 Å². The molecule has 0 aliphatic rings. The first-order chi connectivity index (χ1) is 9.49. The van der Waals surface area contributed by atoms with Crippen molar-refractivity contribution in [3.8, 4) is 0 Å². The van der Waals surface area contributed by atoms with E-state index < -0.39 is 8.56 Å². The fourth-order valence-corrected chi connectivity index (χ4v) is 4.71. The zero-order valence-corrected chi connectivity index (χ0v) is 14.9. The van der Waals surface area contributed by atoms with Gasteiger partial charge in [0.1, 0.15) is 0 Å². The quantitative estimate of drug-likeness (QED) is 0.366. The minimum Gasteiger partial charge on any atom is -0.395 e. The average Bonchev–Trinajstić information content (AvgIpc) is 2.34. The zero-order chi connectivity index (χ0) is 15.0. The molecule has 0 saturated carbocycles. The summed E-state index contributed by atoms with van der Waals surface area (Å²) in [7, 11) is -2.03. The highest BCUT2D eigenvalue weighted by atomic mass is 32.1. The number of nitrogens with zero attached hydrogens (tertiary/aromatic N) is 3. The van der Waals surface area contributed by atoms with E-state index in [0.717, 1.165) is 19.0 Å². The molecule has 0 radical (unpaired) electrons. The number of anilines is 1. The Balaban J connectivity index is 2.39. The normalized spacial score (nSPS) is 11.7. The van der Waals surface area contributed by atoms with Gasteiger partial charge in [-0.05, 0) is 32.9 Å². The fraction of sp³-hybridized carbons (Fsp3) is 0.727. The van der Waals surface area contributed by atoms with Crippen molar-refractivity contribution in [3.05, 3.63) is 0 Å². The molecule has 0 aliphatic carbocycles. The molecule has 1 aromatic rings. The zero-order valence-electron chi connectivity index (χ0n) is 12.1. The van der Waals surface area contributed by atoms with Gasteiger partial charge >= 0.3 is 8.56 Å². The maximum Gasteiger partial charge on any atom is 0.334 e. The molecule has 0 fully saturated rings. The lowest BCUT2D eigenvalue weighted by atomic mass is 10.5. The highest BCUT2D eigenvalue weighted by molar-refractivity contribution is 7.80. The maximum absolute atomic E-state index is 5.78. The van der Waals surface area contributed by atoms with E-state index in [4.69, 9.17) is 8.85 Å². The first-order valence-electron chi connectivity index (χ1n) is 6.65. The molecule has 6 nitrogen and oxygen atoms in total. The van der Waals surface area contributed by atoms with E-state index in [2.05, 4.69) is 52.1 Å². The van der Waals surface area contributed by atoms with Crippen LogP contribution in [0.3, 0.4) is 0 Å². The Morgan fingerprint density at radius 1 is 1.05 bits per heavy atom. The molecular weight excluding hydrogens is 312 g/mol. The number of hydrogen-bond acceptors (Lipinski definition) is 8. The predicted molar refractivity (Wildman–Crippen MR) is 87.1 cm³/mol. The van der Waals surface area contributed by atoms with Crippen LogP contribution in [0.15, 0.2) is 10.3 Å². The molecule has 20 heavy (non-hydrogen) atoms. The Morgan fingerprint density at radius 2 is 1.60 bits per heavy atom. The van der Waals surface area contributed by atoms with Crippen molar-refractivity contribution >= 4 is 39.8 Å². The second-order valence-electron chi connectivity index (χ2n) is 4.29. The van der Waals surface area contributed by atoms with E-state index in [9.17, 15) is 0 Å². The standard InChI is InChI=1S/C11H22N4O2S2Si/c1-4-16-20(3,17-5-2)8-6-7-12-9-13-10(18)15-11(19)14-9/h4-8H2,1-3H3,(H3,12,13,14,15,18,19). The van der Waals surface area contributed by atoms with E-state index >= 15 is 0 Å². The van der Waals surface area contributed by atoms with Crippen molar-refractivity contribution in [2.24, 2.45) is 0 Å². The van der Waals surface area contributed by atoms with Crippen LogP contribution in [0, 0.1) is 0 Å². The fourth-order valence-electron chi connectivity index (χ4n) is 1.84. The van der Waals surface area contributed by atoms with Crippen LogP contribution in [0.25, 0.3) is 0 Å². The lowest BCUT2D eigenvalue weighted by Crippen LogP contribution is -2.39. The van der Waals surface area contributed by atoms with Crippen LogP contribution >= 0.6 is 25.3 Å². The summed E-state index contributed by atoms with van der Waals surface area (Å²) in [5.74, 6) is 0.492. The van der Waals surface area contributed by atoms with E-state index in [1.54, 1.807) is 0 Å². The van der Waals surface area contributed by atoms with Gasteiger partial charge in [0.2, 0.25) is 5.95 Å². The van der Waals surface area contributed by atoms with Crippen molar-refractivity contribution < 1.29 is 8.85 Å². The van der Waals surface area contributed by atoms with Gasteiger partial charge in [0.05, 0.1) is 0 Å². The molecule has 1 heterocycles. The van der Waals surface area contributed by atoms with E-state index in [1.165, 1.54) is 0 Å². The third-order valence-corrected chi connectivity index (χ3v) is 6.06. The van der Waals surface area contributed by atoms with Crippen molar-refractivity contribution in [1.29, 1.82) is 0 Å². The number of nitrogens with one attached hydrogen (secondary N) is 1. The summed E-state index contributed by atoms with van der Waals surface area (Å²) < 4.78 is 11.6. The first kappa shape index (κ1) is 17.7. The molecule has 0 unspecified atom stereocenters. The summed E-state index contributed by atoms with van der Waals surface area (Å²) in [5, 5.41) is 3.85. The molecule has 0 atom stereocenters. The number of aromatic nitrogens is 3. The van der Waals surface area contributed by atoms with Gasteiger partial charge < -0.3 is 14.2 Å².